The minimum atomic E-state index is 0.464. The number of halogens is 1. The Balaban J connectivity index is 2.01. The number of aromatic nitrogens is 2. The van der Waals surface area contributed by atoms with Gasteiger partial charge in [-0.2, -0.15) is 0 Å². The Morgan fingerprint density at radius 1 is 1.10 bits per heavy atom. The van der Waals surface area contributed by atoms with Crippen LogP contribution in [-0.4, -0.2) is 17.1 Å². The lowest BCUT2D eigenvalue weighted by Gasteiger charge is -2.09. The van der Waals surface area contributed by atoms with Crippen LogP contribution in [0.5, 0.6) is 5.75 Å². The first-order valence-electron chi connectivity index (χ1n) is 6.07. The zero-order valence-electron chi connectivity index (χ0n) is 10.8. The van der Waals surface area contributed by atoms with E-state index in [0.717, 1.165) is 28.0 Å². The van der Waals surface area contributed by atoms with E-state index < -0.39 is 0 Å². The molecule has 20 heavy (non-hydrogen) atoms. The first kappa shape index (κ1) is 12.7. The fourth-order valence-electron chi connectivity index (χ4n) is 1.97. The number of methoxy groups -OCH3 is 1. The van der Waals surface area contributed by atoms with Gasteiger partial charge < -0.3 is 10.1 Å². The predicted molar refractivity (Wildman–Crippen MR) is 80.8 cm³/mol. The minimum absolute atomic E-state index is 0.464. The number of fused-ring (bicyclic) bond motifs is 1. The quantitative estimate of drug-likeness (QED) is 0.738. The molecule has 0 saturated carbocycles. The third-order valence-electron chi connectivity index (χ3n) is 2.96. The van der Waals surface area contributed by atoms with E-state index in [2.05, 4.69) is 15.3 Å². The number of benzene rings is 1. The topological polar surface area (TPSA) is 47.0 Å². The van der Waals surface area contributed by atoms with Crippen LogP contribution in [0.15, 0.2) is 48.8 Å². The van der Waals surface area contributed by atoms with E-state index in [9.17, 15) is 0 Å². The van der Waals surface area contributed by atoms with E-state index in [1.165, 1.54) is 0 Å². The van der Waals surface area contributed by atoms with E-state index in [1.807, 2.05) is 30.3 Å². The summed E-state index contributed by atoms with van der Waals surface area (Å²) in [5.74, 6) is 1.59. The van der Waals surface area contributed by atoms with Crippen molar-refractivity contribution in [2.75, 3.05) is 12.4 Å². The highest BCUT2D eigenvalue weighted by atomic mass is 35.5. The molecule has 0 aliphatic rings. The molecule has 0 fully saturated rings. The molecule has 4 nitrogen and oxygen atoms in total. The molecular formula is C15H12ClN3O. The third kappa shape index (κ3) is 2.51. The van der Waals surface area contributed by atoms with Crippen LogP contribution in [0.3, 0.4) is 0 Å². The fraction of sp³-hybridized carbons (Fsp3) is 0.0667. The van der Waals surface area contributed by atoms with Gasteiger partial charge in [0.1, 0.15) is 16.7 Å². The van der Waals surface area contributed by atoms with Crippen LogP contribution in [0.4, 0.5) is 11.5 Å². The molecule has 0 saturated heterocycles. The number of rotatable bonds is 3. The largest absolute Gasteiger partial charge is 0.497 e. The maximum absolute atomic E-state index is 5.77. The summed E-state index contributed by atoms with van der Waals surface area (Å²) in [6.45, 7) is 0. The SMILES string of the molecule is COc1ccc2c(Nc3ccc(Cl)nc3)nccc2c1. The van der Waals surface area contributed by atoms with Crippen molar-refractivity contribution in [3.63, 3.8) is 0 Å². The second-order valence-electron chi connectivity index (χ2n) is 4.24. The van der Waals surface area contributed by atoms with Crippen molar-refractivity contribution in [2.45, 2.75) is 0 Å². The fourth-order valence-corrected chi connectivity index (χ4v) is 2.08. The van der Waals surface area contributed by atoms with Crippen LogP contribution in [-0.2, 0) is 0 Å². The maximum atomic E-state index is 5.77. The van der Waals surface area contributed by atoms with Crippen molar-refractivity contribution in [1.82, 2.24) is 9.97 Å². The standard InChI is InChI=1S/C15H12ClN3O/c1-20-12-3-4-13-10(8-12)6-7-17-15(13)19-11-2-5-14(16)18-9-11/h2-9H,1H3,(H,17,19). The Labute approximate surface area is 121 Å². The van der Waals surface area contributed by atoms with Gasteiger partial charge in [0.25, 0.3) is 0 Å². The molecule has 5 heteroatoms. The minimum Gasteiger partial charge on any atom is -0.497 e. The van der Waals surface area contributed by atoms with Crippen LogP contribution < -0.4 is 10.1 Å². The molecule has 2 heterocycles. The number of hydrogen-bond donors (Lipinski definition) is 1. The van der Waals surface area contributed by atoms with Gasteiger partial charge in [-0.3, -0.25) is 0 Å². The Hall–Kier alpha value is -2.33. The number of pyridine rings is 2. The Bertz CT molecular complexity index is 744. The first-order chi connectivity index (χ1) is 9.76. The molecule has 2 aromatic heterocycles. The number of nitrogens with one attached hydrogen (secondary N) is 1. The second-order valence-corrected chi connectivity index (χ2v) is 4.63. The van der Waals surface area contributed by atoms with Gasteiger partial charge in [-0.05, 0) is 41.8 Å². The average molecular weight is 286 g/mol. The number of hydrogen-bond acceptors (Lipinski definition) is 4. The predicted octanol–water partition coefficient (Wildman–Crippen LogP) is 4.04. The monoisotopic (exact) mass is 285 g/mol. The van der Waals surface area contributed by atoms with E-state index in [0.29, 0.717) is 5.15 Å². The number of ether oxygens (including phenoxy) is 1. The van der Waals surface area contributed by atoms with E-state index in [4.69, 9.17) is 16.3 Å². The van der Waals surface area contributed by atoms with Crippen LogP contribution in [0.2, 0.25) is 5.15 Å². The molecule has 0 amide bonds. The summed E-state index contributed by atoms with van der Waals surface area (Å²) in [7, 11) is 1.65. The molecule has 3 aromatic rings. The smallest absolute Gasteiger partial charge is 0.138 e. The summed E-state index contributed by atoms with van der Waals surface area (Å²) in [4.78, 5) is 8.41. The zero-order chi connectivity index (χ0) is 13.9. The lowest BCUT2D eigenvalue weighted by molar-refractivity contribution is 0.415. The summed E-state index contributed by atoms with van der Waals surface area (Å²) in [6, 6.07) is 11.4. The molecule has 0 bridgehead atoms. The molecule has 0 radical (unpaired) electrons. The molecule has 0 aliphatic heterocycles. The molecule has 0 aliphatic carbocycles. The van der Waals surface area contributed by atoms with Gasteiger partial charge in [0.15, 0.2) is 0 Å². The second kappa shape index (κ2) is 5.35. The highest BCUT2D eigenvalue weighted by Gasteiger charge is 2.04. The van der Waals surface area contributed by atoms with Crippen LogP contribution in [0.25, 0.3) is 10.8 Å². The Morgan fingerprint density at radius 2 is 2.00 bits per heavy atom. The van der Waals surface area contributed by atoms with Crippen molar-refractivity contribution in [2.24, 2.45) is 0 Å². The van der Waals surface area contributed by atoms with Crippen LogP contribution in [0.1, 0.15) is 0 Å². The van der Waals surface area contributed by atoms with Crippen molar-refractivity contribution in [1.29, 1.82) is 0 Å². The summed E-state index contributed by atoms with van der Waals surface area (Å²) in [5, 5.41) is 5.78. The molecule has 1 N–H and O–H groups in total. The van der Waals surface area contributed by atoms with Gasteiger partial charge in [-0.15, -0.1) is 0 Å². The number of anilines is 2. The van der Waals surface area contributed by atoms with Crippen molar-refractivity contribution >= 4 is 33.9 Å². The van der Waals surface area contributed by atoms with Crippen molar-refractivity contribution in [3.05, 3.63) is 53.9 Å². The third-order valence-corrected chi connectivity index (χ3v) is 3.19. The van der Waals surface area contributed by atoms with Crippen molar-refractivity contribution < 1.29 is 4.74 Å². The highest BCUT2D eigenvalue weighted by molar-refractivity contribution is 6.29. The van der Waals surface area contributed by atoms with Crippen molar-refractivity contribution in [3.8, 4) is 5.75 Å². The molecule has 1 aromatic carbocycles. The molecule has 3 rings (SSSR count). The average Bonchev–Trinajstić information content (AvgIpc) is 2.49. The molecule has 0 atom stereocenters. The summed E-state index contributed by atoms with van der Waals surface area (Å²) in [6.07, 6.45) is 3.43. The lowest BCUT2D eigenvalue weighted by atomic mass is 10.1. The Kier molecular flexibility index (Phi) is 3.39. The van der Waals surface area contributed by atoms with E-state index >= 15 is 0 Å². The van der Waals surface area contributed by atoms with Gasteiger partial charge in [0.2, 0.25) is 0 Å². The van der Waals surface area contributed by atoms with E-state index in [1.54, 1.807) is 25.6 Å². The van der Waals surface area contributed by atoms with E-state index in [-0.39, 0.29) is 0 Å². The summed E-state index contributed by atoms with van der Waals surface area (Å²) < 4.78 is 5.23. The van der Waals surface area contributed by atoms with Crippen LogP contribution >= 0.6 is 11.6 Å². The maximum Gasteiger partial charge on any atom is 0.138 e. The lowest BCUT2D eigenvalue weighted by Crippen LogP contribution is -1.95. The molecule has 0 unspecified atom stereocenters. The summed E-state index contributed by atoms with van der Waals surface area (Å²) >= 11 is 5.77. The van der Waals surface area contributed by atoms with Gasteiger partial charge >= 0.3 is 0 Å². The van der Waals surface area contributed by atoms with Gasteiger partial charge in [0.05, 0.1) is 19.0 Å². The molecular weight excluding hydrogens is 274 g/mol. The van der Waals surface area contributed by atoms with Crippen LogP contribution in [0, 0.1) is 0 Å². The normalized spacial score (nSPS) is 10.5. The van der Waals surface area contributed by atoms with Gasteiger partial charge in [-0.25, -0.2) is 9.97 Å². The highest BCUT2D eigenvalue weighted by Crippen LogP contribution is 2.27. The molecule has 100 valence electrons. The van der Waals surface area contributed by atoms with Gasteiger partial charge in [-0.1, -0.05) is 11.6 Å². The zero-order valence-corrected chi connectivity index (χ0v) is 11.6. The van der Waals surface area contributed by atoms with Gasteiger partial charge in [0, 0.05) is 11.6 Å². The molecule has 0 spiro atoms. The number of nitrogens with zero attached hydrogens (tertiary/aromatic N) is 2. The first-order valence-corrected chi connectivity index (χ1v) is 6.45. The summed E-state index contributed by atoms with van der Waals surface area (Å²) in [5.41, 5.74) is 0.838. The Morgan fingerprint density at radius 3 is 2.75 bits per heavy atom.